The molecule has 0 spiro atoms. The summed E-state index contributed by atoms with van der Waals surface area (Å²) in [5, 5.41) is 0. The van der Waals surface area contributed by atoms with E-state index >= 15 is 0 Å². The fraction of sp³-hybridized carbons (Fsp3) is 0.923. The minimum atomic E-state index is 0.703. The molecule has 1 aliphatic carbocycles. The Morgan fingerprint density at radius 2 is 1.87 bits per heavy atom. The number of amidine groups is 1. The molecule has 2 heteroatoms. The molecule has 1 fully saturated rings. The third kappa shape index (κ3) is 3.84. The van der Waals surface area contributed by atoms with Gasteiger partial charge in [0.2, 0.25) is 0 Å². The molecular weight excluding hydrogens is 184 g/mol. The Hall–Kier alpha value is -0.530. The van der Waals surface area contributed by atoms with Crippen LogP contribution >= 0.6 is 0 Å². The first-order chi connectivity index (χ1) is 7.15. The van der Waals surface area contributed by atoms with Gasteiger partial charge < -0.3 is 4.90 Å². The number of hydrogen-bond acceptors (Lipinski definition) is 1. The van der Waals surface area contributed by atoms with E-state index in [4.69, 9.17) is 0 Å². The molecule has 1 rings (SSSR count). The van der Waals surface area contributed by atoms with E-state index in [1.165, 1.54) is 37.9 Å². The zero-order valence-electron chi connectivity index (χ0n) is 10.8. The van der Waals surface area contributed by atoms with E-state index in [0.717, 1.165) is 12.5 Å². The molecule has 2 nitrogen and oxygen atoms in total. The summed E-state index contributed by atoms with van der Waals surface area (Å²) in [5.74, 6) is 1.99. The standard InChI is InChI=1S/C13H26N2/c1-11(2)10-13(14-3)15(4)12-8-6-5-7-9-12/h11-12H,5-10H2,1-4H3/b14-13-. The van der Waals surface area contributed by atoms with Crippen LogP contribution in [-0.2, 0) is 0 Å². The van der Waals surface area contributed by atoms with Crippen LogP contribution in [0.1, 0.15) is 52.4 Å². The minimum absolute atomic E-state index is 0.703. The molecule has 0 N–H and O–H groups in total. The van der Waals surface area contributed by atoms with E-state index in [1.54, 1.807) is 0 Å². The van der Waals surface area contributed by atoms with Crippen molar-refractivity contribution in [2.24, 2.45) is 10.9 Å². The first-order valence-electron chi connectivity index (χ1n) is 6.33. The Balaban J connectivity index is 2.51. The van der Waals surface area contributed by atoms with Crippen LogP contribution in [0, 0.1) is 5.92 Å². The van der Waals surface area contributed by atoms with E-state index in [0.29, 0.717) is 5.92 Å². The number of nitrogens with zero attached hydrogens (tertiary/aromatic N) is 2. The normalized spacial score (nSPS) is 19.7. The minimum Gasteiger partial charge on any atom is -0.360 e. The largest absolute Gasteiger partial charge is 0.360 e. The van der Waals surface area contributed by atoms with Gasteiger partial charge in [0.1, 0.15) is 0 Å². The highest BCUT2D eigenvalue weighted by atomic mass is 15.2. The van der Waals surface area contributed by atoms with Gasteiger partial charge in [0.15, 0.2) is 0 Å². The fourth-order valence-corrected chi connectivity index (χ4v) is 2.44. The van der Waals surface area contributed by atoms with Crippen molar-refractivity contribution < 1.29 is 0 Å². The molecule has 0 radical (unpaired) electrons. The molecule has 0 bridgehead atoms. The zero-order chi connectivity index (χ0) is 11.3. The molecule has 88 valence electrons. The summed E-state index contributed by atoms with van der Waals surface area (Å²) >= 11 is 0. The Kier molecular flexibility index (Phi) is 5.13. The van der Waals surface area contributed by atoms with Crippen molar-refractivity contribution >= 4 is 5.84 Å². The molecule has 0 saturated heterocycles. The van der Waals surface area contributed by atoms with Crippen LogP contribution in [0.25, 0.3) is 0 Å². The third-order valence-corrected chi connectivity index (χ3v) is 3.38. The first-order valence-corrected chi connectivity index (χ1v) is 6.33. The maximum absolute atomic E-state index is 4.45. The molecule has 0 heterocycles. The highest BCUT2D eigenvalue weighted by Crippen LogP contribution is 2.22. The first kappa shape index (κ1) is 12.5. The fourth-order valence-electron chi connectivity index (χ4n) is 2.44. The van der Waals surface area contributed by atoms with Gasteiger partial charge in [0.25, 0.3) is 0 Å². The van der Waals surface area contributed by atoms with Gasteiger partial charge in [-0.05, 0) is 18.8 Å². The molecule has 0 aromatic rings. The van der Waals surface area contributed by atoms with Crippen molar-refractivity contribution in [3.05, 3.63) is 0 Å². The SMILES string of the molecule is C/N=C(/CC(C)C)N(C)C1CCCCC1. The Morgan fingerprint density at radius 3 is 2.33 bits per heavy atom. The summed E-state index contributed by atoms with van der Waals surface area (Å²) in [6.07, 6.45) is 8.04. The third-order valence-electron chi connectivity index (χ3n) is 3.38. The highest BCUT2D eigenvalue weighted by Gasteiger charge is 2.20. The summed E-state index contributed by atoms with van der Waals surface area (Å²) in [6.45, 7) is 4.53. The summed E-state index contributed by atoms with van der Waals surface area (Å²) in [5.41, 5.74) is 0. The molecular formula is C13H26N2. The molecule has 1 aliphatic rings. The molecule has 0 aromatic carbocycles. The number of hydrogen-bond donors (Lipinski definition) is 0. The predicted octanol–water partition coefficient (Wildman–Crippen LogP) is 3.33. The topological polar surface area (TPSA) is 15.6 Å². The average molecular weight is 210 g/mol. The quantitative estimate of drug-likeness (QED) is 0.515. The molecule has 0 atom stereocenters. The number of aliphatic imine (C=N–C) groups is 1. The predicted molar refractivity (Wildman–Crippen MR) is 67.5 cm³/mol. The average Bonchev–Trinajstić information content (AvgIpc) is 2.26. The summed E-state index contributed by atoms with van der Waals surface area (Å²) in [6, 6.07) is 0.746. The van der Waals surface area contributed by atoms with Crippen molar-refractivity contribution in [3.8, 4) is 0 Å². The zero-order valence-corrected chi connectivity index (χ0v) is 10.8. The lowest BCUT2D eigenvalue weighted by Gasteiger charge is -2.34. The maximum Gasteiger partial charge on any atom is 0.0987 e. The lowest BCUT2D eigenvalue weighted by molar-refractivity contribution is 0.272. The van der Waals surface area contributed by atoms with E-state index < -0.39 is 0 Å². The second-order valence-corrected chi connectivity index (χ2v) is 5.14. The summed E-state index contributed by atoms with van der Waals surface area (Å²) in [7, 11) is 4.15. The van der Waals surface area contributed by atoms with Gasteiger partial charge in [-0.1, -0.05) is 33.1 Å². The van der Waals surface area contributed by atoms with Crippen LogP contribution in [0.3, 0.4) is 0 Å². The van der Waals surface area contributed by atoms with Gasteiger partial charge in [0, 0.05) is 26.6 Å². The van der Waals surface area contributed by atoms with Crippen LogP contribution in [0.4, 0.5) is 0 Å². The van der Waals surface area contributed by atoms with Gasteiger partial charge in [-0.15, -0.1) is 0 Å². The number of rotatable bonds is 3. The van der Waals surface area contributed by atoms with Crippen LogP contribution in [0.15, 0.2) is 4.99 Å². The van der Waals surface area contributed by atoms with Crippen LogP contribution in [0.2, 0.25) is 0 Å². The monoisotopic (exact) mass is 210 g/mol. The van der Waals surface area contributed by atoms with Gasteiger partial charge in [-0.3, -0.25) is 4.99 Å². The molecule has 15 heavy (non-hydrogen) atoms. The van der Waals surface area contributed by atoms with E-state index in [2.05, 4.69) is 30.8 Å². The van der Waals surface area contributed by atoms with Crippen LogP contribution in [-0.4, -0.2) is 30.9 Å². The van der Waals surface area contributed by atoms with Gasteiger partial charge >= 0.3 is 0 Å². The second-order valence-electron chi connectivity index (χ2n) is 5.14. The highest BCUT2D eigenvalue weighted by molar-refractivity contribution is 5.82. The van der Waals surface area contributed by atoms with Crippen molar-refractivity contribution in [2.45, 2.75) is 58.4 Å². The van der Waals surface area contributed by atoms with Crippen molar-refractivity contribution in [1.82, 2.24) is 4.90 Å². The Labute approximate surface area is 94.8 Å². The maximum atomic E-state index is 4.45. The van der Waals surface area contributed by atoms with E-state index in [9.17, 15) is 0 Å². The Bertz CT molecular complexity index is 203. The second kappa shape index (κ2) is 6.14. The van der Waals surface area contributed by atoms with Crippen molar-refractivity contribution in [2.75, 3.05) is 14.1 Å². The molecule has 0 aliphatic heterocycles. The van der Waals surface area contributed by atoms with Crippen molar-refractivity contribution in [3.63, 3.8) is 0 Å². The van der Waals surface area contributed by atoms with Gasteiger partial charge in [-0.25, -0.2) is 0 Å². The lowest BCUT2D eigenvalue weighted by atomic mass is 9.94. The molecule has 0 unspecified atom stereocenters. The van der Waals surface area contributed by atoms with Crippen LogP contribution in [0.5, 0.6) is 0 Å². The van der Waals surface area contributed by atoms with E-state index in [1.807, 2.05) is 7.05 Å². The molecule has 0 aromatic heterocycles. The summed E-state index contributed by atoms with van der Waals surface area (Å²) < 4.78 is 0. The summed E-state index contributed by atoms with van der Waals surface area (Å²) in [4.78, 5) is 6.88. The Morgan fingerprint density at radius 1 is 1.27 bits per heavy atom. The molecule has 0 amide bonds. The van der Waals surface area contributed by atoms with Gasteiger partial charge in [-0.2, -0.15) is 0 Å². The van der Waals surface area contributed by atoms with E-state index in [-0.39, 0.29) is 0 Å². The smallest absolute Gasteiger partial charge is 0.0987 e. The molecule has 1 saturated carbocycles. The van der Waals surface area contributed by atoms with Gasteiger partial charge in [0.05, 0.1) is 5.84 Å². The lowest BCUT2D eigenvalue weighted by Crippen LogP contribution is -2.38. The van der Waals surface area contributed by atoms with Crippen molar-refractivity contribution in [1.29, 1.82) is 0 Å². The van der Waals surface area contributed by atoms with Crippen LogP contribution < -0.4 is 0 Å².